The number of carbonyl (C=O) groups is 1. The predicted molar refractivity (Wildman–Crippen MR) is 62.9 cm³/mol. The highest BCUT2D eigenvalue weighted by Crippen LogP contribution is 2.15. The quantitative estimate of drug-likeness (QED) is 0.736. The molecule has 16 heavy (non-hydrogen) atoms. The molecule has 0 saturated carbocycles. The van der Waals surface area contributed by atoms with E-state index < -0.39 is 0 Å². The van der Waals surface area contributed by atoms with Gasteiger partial charge in [-0.1, -0.05) is 19.1 Å². The standard InChI is InChI=1S/C13H14N2O/c1-3-11-8-14-15(9-11)13-7-5-4-6-12(13)10(2)16/h4-9H,3H2,1-2H3. The number of hydrogen-bond acceptors (Lipinski definition) is 2. The lowest BCUT2D eigenvalue weighted by Gasteiger charge is -2.05. The number of para-hydroxylation sites is 1. The summed E-state index contributed by atoms with van der Waals surface area (Å²) in [4.78, 5) is 11.5. The zero-order chi connectivity index (χ0) is 11.5. The fourth-order valence-corrected chi connectivity index (χ4v) is 1.65. The van der Waals surface area contributed by atoms with Gasteiger partial charge in [0.15, 0.2) is 5.78 Å². The van der Waals surface area contributed by atoms with Crippen LogP contribution in [0.5, 0.6) is 0 Å². The molecular formula is C13H14N2O. The average Bonchev–Trinajstić information content (AvgIpc) is 2.77. The van der Waals surface area contributed by atoms with Crippen LogP contribution in [0.2, 0.25) is 0 Å². The minimum Gasteiger partial charge on any atom is -0.294 e. The third-order valence-electron chi connectivity index (χ3n) is 2.57. The van der Waals surface area contributed by atoms with Crippen molar-refractivity contribution in [2.75, 3.05) is 0 Å². The smallest absolute Gasteiger partial charge is 0.161 e. The van der Waals surface area contributed by atoms with E-state index in [1.165, 1.54) is 5.56 Å². The lowest BCUT2D eigenvalue weighted by Crippen LogP contribution is -2.03. The largest absolute Gasteiger partial charge is 0.294 e. The SMILES string of the molecule is CCc1cnn(-c2ccccc2C(C)=O)c1. The van der Waals surface area contributed by atoms with E-state index in [9.17, 15) is 4.79 Å². The number of benzene rings is 1. The minimum absolute atomic E-state index is 0.0594. The van der Waals surface area contributed by atoms with E-state index >= 15 is 0 Å². The van der Waals surface area contributed by atoms with Gasteiger partial charge < -0.3 is 0 Å². The highest BCUT2D eigenvalue weighted by Gasteiger charge is 2.08. The molecule has 0 aliphatic rings. The van der Waals surface area contributed by atoms with Gasteiger partial charge in [-0.15, -0.1) is 0 Å². The number of carbonyl (C=O) groups excluding carboxylic acids is 1. The van der Waals surface area contributed by atoms with Crippen LogP contribution in [0.4, 0.5) is 0 Å². The van der Waals surface area contributed by atoms with E-state index in [-0.39, 0.29) is 5.78 Å². The summed E-state index contributed by atoms with van der Waals surface area (Å²) in [6, 6.07) is 7.51. The van der Waals surface area contributed by atoms with Crippen LogP contribution in [-0.4, -0.2) is 15.6 Å². The molecule has 0 atom stereocenters. The second kappa shape index (κ2) is 4.31. The van der Waals surface area contributed by atoms with Crippen LogP contribution in [0.3, 0.4) is 0 Å². The first-order valence-corrected chi connectivity index (χ1v) is 5.36. The molecular weight excluding hydrogens is 200 g/mol. The van der Waals surface area contributed by atoms with Gasteiger partial charge in [0.05, 0.1) is 11.9 Å². The fraction of sp³-hybridized carbons (Fsp3) is 0.231. The first-order valence-electron chi connectivity index (χ1n) is 5.36. The Morgan fingerprint density at radius 2 is 2.12 bits per heavy atom. The van der Waals surface area contributed by atoms with Crippen LogP contribution in [-0.2, 0) is 6.42 Å². The second-order valence-corrected chi connectivity index (χ2v) is 3.72. The summed E-state index contributed by atoms with van der Waals surface area (Å²) < 4.78 is 1.76. The summed E-state index contributed by atoms with van der Waals surface area (Å²) in [5.41, 5.74) is 2.71. The van der Waals surface area contributed by atoms with E-state index in [1.807, 2.05) is 36.7 Å². The molecule has 3 heteroatoms. The normalized spacial score (nSPS) is 10.4. The number of nitrogens with zero attached hydrogens (tertiary/aromatic N) is 2. The Kier molecular flexibility index (Phi) is 2.86. The highest BCUT2D eigenvalue weighted by molar-refractivity contribution is 5.97. The van der Waals surface area contributed by atoms with Crippen molar-refractivity contribution in [1.82, 2.24) is 9.78 Å². The maximum Gasteiger partial charge on any atom is 0.161 e. The Morgan fingerprint density at radius 1 is 1.38 bits per heavy atom. The molecule has 0 radical (unpaired) electrons. The fourth-order valence-electron chi connectivity index (χ4n) is 1.65. The molecule has 0 aliphatic carbocycles. The van der Waals surface area contributed by atoms with Gasteiger partial charge in [0.25, 0.3) is 0 Å². The minimum atomic E-state index is 0.0594. The molecule has 1 aromatic carbocycles. The van der Waals surface area contributed by atoms with Gasteiger partial charge in [-0.3, -0.25) is 4.79 Å². The first kappa shape index (κ1) is 10.6. The molecule has 0 spiro atoms. The highest BCUT2D eigenvalue weighted by atomic mass is 16.1. The number of Topliss-reactive ketones (excluding diaryl/α,β-unsaturated/α-hetero) is 1. The summed E-state index contributed by atoms with van der Waals surface area (Å²) in [7, 11) is 0. The number of ketones is 1. The zero-order valence-electron chi connectivity index (χ0n) is 9.47. The number of rotatable bonds is 3. The predicted octanol–water partition coefficient (Wildman–Crippen LogP) is 2.64. The Morgan fingerprint density at radius 3 is 2.75 bits per heavy atom. The molecule has 0 unspecified atom stereocenters. The van der Waals surface area contributed by atoms with Crippen LogP contribution in [0, 0.1) is 0 Å². The van der Waals surface area contributed by atoms with Crippen LogP contribution >= 0.6 is 0 Å². The van der Waals surface area contributed by atoms with E-state index in [2.05, 4.69) is 12.0 Å². The van der Waals surface area contributed by atoms with E-state index in [0.717, 1.165) is 12.1 Å². The Bertz CT molecular complexity index is 514. The monoisotopic (exact) mass is 214 g/mol. The van der Waals surface area contributed by atoms with Gasteiger partial charge in [-0.25, -0.2) is 4.68 Å². The van der Waals surface area contributed by atoms with Crippen molar-refractivity contribution in [3.05, 3.63) is 47.8 Å². The summed E-state index contributed by atoms with van der Waals surface area (Å²) >= 11 is 0. The van der Waals surface area contributed by atoms with Gasteiger partial charge in [-0.2, -0.15) is 5.10 Å². The van der Waals surface area contributed by atoms with Gasteiger partial charge in [0, 0.05) is 11.8 Å². The van der Waals surface area contributed by atoms with Gasteiger partial charge >= 0.3 is 0 Å². The molecule has 1 heterocycles. The molecule has 0 amide bonds. The van der Waals surface area contributed by atoms with Crippen LogP contribution in [0.15, 0.2) is 36.7 Å². The molecule has 82 valence electrons. The molecule has 2 rings (SSSR count). The second-order valence-electron chi connectivity index (χ2n) is 3.72. The topological polar surface area (TPSA) is 34.9 Å². The van der Waals surface area contributed by atoms with Crippen molar-refractivity contribution in [1.29, 1.82) is 0 Å². The van der Waals surface area contributed by atoms with Crippen molar-refractivity contribution in [3.8, 4) is 5.69 Å². The summed E-state index contributed by atoms with van der Waals surface area (Å²) in [5, 5.41) is 4.26. The molecule has 0 aliphatic heterocycles. The van der Waals surface area contributed by atoms with Crippen molar-refractivity contribution < 1.29 is 4.79 Å². The average molecular weight is 214 g/mol. The zero-order valence-corrected chi connectivity index (χ0v) is 9.47. The summed E-state index contributed by atoms with van der Waals surface area (Å²) in [6.45, 7) is 3.65. The third kappa shape index (κ3) is 1.89. The van der Waals surface area contributed by atoms with E-state index in [4.69, 9.17) is 0 Å². The van der Waals surface area contributed by atoms with Gasteiger partial charge in [0.1, 0.15) is 0 Å². The molecule has 1 aromatic heterocycles. The van der Waals surface area contributed by atoms with Crippen molar-refractivity contribution in [2.24, 2.45) is 0 Å². The number of aryl methyl sites for hydroxylation is 1. The summed E-state index contributed by atoms with van der Waals surface area (Å²) in [6.07, 6.45) is 4.74. The lowest BCUT2D eigenvalue weighted by atomic mass is 10.1. The lowest BCUT2D eigenvalue weighted by molar-refractivity contribution is 0.101. The number of hydrogen-bond donors (Lipinski definition) is 0. The number of aromatic nitrogens is 2. The van der Waals surface area contributed by atoms with Gasteiger partial charge in [-0.05, 0) is 31.0 Å². The molecule has 0 bridgehead atoms. The van der Waals surface area contributed by atoms with Gasteiger partial charge in [0.2, 0.25) is 0 Å². The third-order valence-corrected chi connectivity index (χ3v) is 2.57. The van der Waals surface area contributed by atoms with Crippen molar-refractivity contribution >= 4 is 5.78 Å². The Balaban J connectivity index is 2.50. The van der Waals surface area contributed by atoms with Crippen LogP contribution in [0.25, 0.3) is 5.69 Å². The van der Waals surface area contributed by atoms with Crippen molar-refractivity contribution in [3.63, 3.8) is 0 Å². The molecule has 0 fully saturated rings. The van der Waals surface area contributed by atoms with Crippen LogP contribution in [0.1, 0.15) is 29.8 Å². The van der Waals surface area contributed by atoms with E-state index in [1.54, 1.807) is 11.6 Å². The molecule has 0 saturated heterocycles. The van der Waals surface area contributed by atoms with Crippen LogP contribution < -0.4 is 0 Å². The van der Waals surface area contributed by atoms with E-state index in [0.29, 0.717) is 5.56 Å². The first-order chi connectivity index (χ1) is 7.72. The van der Waals surface area contributed by atoms with Crippen molar-refractivity contribution in [2.45, 2.75) is 20.3 Å². The molecule has 3 nitrogen and oxygen atoms in total. The maximum atomic E-state index is 11.5. The Hall–Kier alpha value is -1.90. The Labute approximate surface area is 94.7 Å². The molecule has 2 aromatic rings. The maximum absolute atomic E-state index is 11.5. The molecule has 0 N–H and O–H groups in total. The summed E-state index contributed by atoms with van der Waals surface area (Å²) in [5.74, 6) is 0.0594.